The highest BCUT2D eigenvalue weighted by atomic mass is 19.4. The number of carbonyl (C=O) groups is 1. The lowest BCUT2D eigenvalue weighted by Gasteiger charge is -2.28. The van der Waals surface area contributed by atoms with Crippen molar-refractivity contribution in [3.63, 3.8) is 0 Å². The van der Waals surface area contributed by atoms with Gasteiger partial charge in [0.2, 0.25) is 0 Å². The van der Waals surface area contributed by atoms with Crippen molar-refractivity contribution in [3.05, 3.63) is 35.4 Å². The topological polar surface area (TPSA) is 26.3 Å². The number of halogens is 3. The number of ether oxygens (including phenoxy) is 1. The zero-order valence-electron chi connectivity index (χ0n) is 11.3. The second kappa shape index (κ2) is 5.33. The molecule has 0 radical (unpaired) electrons. The van der Waals surface area contributed by atoms with Crippen LogP contribution in [0.25, 0.3) is 0 Å². The number of hydrogen-bond donors (Lipinski definition) is 0. The van der Waals surface area contributed by atoms with Crippen molar-refractivity contribution in [3.8, 4) is 0 Å². The highest BCUT2D eigenvalue weighted by Crippen LogP contribution is 2.34. The van der Waals surface area contributed by atoms with E-state index in [2.05, 4.69) is 0 Å². The Hall–Kier alpha value is -1.36. The fourth-order valence-corrected chi connectivity index (χ4v) is 1.94. The lowest BCUT2D eigenvalue weighted by molar-refractivity contribution is -0.138. The highest BCUT2D eigenvalue weighted by Gasteiger charge is 2.39. The molecule has 1 aromatic rings. The number of carbonyl (C=O) groups excluding carboxylic acids is 1. The van der Waals surface area contributed by atoms with E-state index in [0.717, 1.165) is 6.07 Å². The fraction of sp³-hybridized carbons (Fsp3) is 0.500. The summed E-state index contributed by atoms with van der Waals surface area (Å²) in [6.07, 6.45) is -5.47. The van der Waals surface area contributed by atoms with E-state index < -0.39 is 29.0 Å². The molecule has 1 unspecified atom stereocenters. The first kappa shape index (κ1) is 15.7. The monoisotopic (exact) mass is 274 g/mol. The second-order valence-electron chi connectivity index (χ2n) is 5.39. The van der Waals surface area contributed by atoms with E-state index in [0.29, 0.717) is 0 Å². The smallest absolute Gasteiger partial charge is 0.373 e. The third-order valence-electron chi connectivity index (χ3n) is 2.76. The normalized spacial score (nSPS) is 14.3. The first-order chi connectivity index (χ1) is 8.59. The molecule has 1 atom stereocenters. The van der Waals surface area contributed by atoms with Crippen molar-refractivity contribution in [1.82, 2.24) is 0 Å². The molecule has 2 nitrogen and oxygen atoms in total. The number of benzene rings is 1. The van der Waals surface area contributed by atoms with Gasteiger partial charge in [-0.25, -0.2) is 0 Å². The Bertz CT molecular complexity index is 458. The van der Waals surface area contributed by atoms with E-state index in [1.165, 1.54) is 25.3 Å². The van der Waals surface area contributed by atoms with E-state index in [1.807, 2.05) is 0 Å². The largest absolute Gasteiger partial charge is 0.417 e. The molecule has 1 aromatic carbocycles. The van der Waals surface area contributed by atoms with Crippen molar-refractivity contribution < 1.29 is 22.7 Å². The molecule has 19 heavy (non-hydrogen) atoms. The van der Waals surface area contributed by atoms with Crippen LogP contribution in [-0.2, 0) is 10.9 Å². The van der Waals surface area contributed by atoms with Gasteiger partial charge in [0.1, 0.15) is 6.10 Å². The third kappa shape index (κ3) is 3.56. The molecule has 0 bridgehead atoms. The molecule has 0 heterocycles. The zero-order valence-corrected chi connectivity index (χ0v) is 11.3. The van der Waals surface area contributed by atoms with Gasteiger partial charge in [-0.05, 0) is 11.5 Å². The molecule has 0 aliphatic rings. The van der Waals surface area contributed by atoms with Gasteiger partial charge in [-0.3, -0.25) is 4.79 Å². The summed E-state index contributed by atoms with van der Waals surface area (Å²) in [4.78, 5) is 12.3. The van der Waals surface area contributed by atoms with E-state index in [1.54, 1.807) is 20.8 Å². The van der Waals surface area contributed by atoms with Crippen LogP contribution in [0.15, 0.2) is 24.3 Å². The van der Waals surface area contributed by atoms with Crippen LogP contribution in [-0.4, -0.2) is 19.0 Å². The lowest BCUT2D eigenvalue weighted by atomic mass is 9.83. The Balaban J connectivity index is 3.27. The first-order valence-corrected chi connectivity index (χ1v) is 5.82. The SMILES string of the molecule is COC(C(=O)c1ccccc1C(F)(F)F)C(C)(C)C. The molecular weight excluding hydrogens is 257 g/mol. The van der Waals surface area contributed by atoms with Crippen LogP contribution in [0.5, 0.6) is 0 Å². The minimum Gasteiger partial charge on any atom is -0.373 e. The molecule has 0 saturated carbocycles. The van der Waals surface area contributed by atoms with Gasteiger partial charge < -0.3 is 4.74 Å². The van der Waals surface area contributed by atoms with Gasteiger partial charge in [-0.1, -0.05) is 39.0 Å². The quantitative estimate of drug-likeness (QED) is 0.780. The molecular formula is C14H17F3O2. The number of alkyl halides is 3. The predicted molar refractivity (Wildman–Crippen MR) is 66.0 cm³/mol. The summed E-state index contributed by atoms with van der Waals surface area (Å²) in [6, 6.07) is 4.77. The molecule has 0 aliphatic heterocycles. The average molecular weight is 274 g/mol. The maximum Gasteiger partial charge on any atom is 0.417 e. The summed E-state index contributed by atoms with van der Waals surface area (Å²) in [5.41, 5.74) is -1.85. The minimum absolute atomic E-state index is 0.350. The first-order valence-electron chi connectivity index (χ1n) is 5.82. The van der Waals surface area contributed by atoms with Gasteiger partial charge in [0.05, 0.1) is 5.56 Å². The summed E-state index contributed by atoms with van der Waals surface area (Å²) in [7, 11) is 1.32. The number of Topliss-reactive ketones (excluding diaryl/α,β-unsaturated/α-hetero) is 1. The number of methoxy groups -OCH3 is 1. The third-order valence-corrected chi connectivity index (χ3v) is 2.76. The molecule has 106 valence electrons. The van der Waals surface area contributed by atoms with Crippen LogP contribution < -0.4 is 0 Å². The van der Waals surface area contributed by atoms with Crippen LogP contribution in [0, 0.1) is 5.41 Å². The molecule has 0 amide bonds. The Morgan fingerprint density at radius 2 is 1.68 bits per heavy atom. The van der Waals surface area contributed by atoms with Crippen molar-refractivity contribution in [1.29, 1.82) is 0 Å². The van der Waals surface area contributed by atoms with E-state index in [9.17, 15) is 18.0 Å². The van der Waals surface area contributed by atoms with Crippen molar-refractivity contribution >= 4 is 5.78 Å². The minimum atomic E-state index is -4.55. The van der Waals surface area contributed by atoms with E-state index >= 15 is 0 Å². The summed E-state index contributed by atoms with van der Waals surface area (Å²) in [5.74, 6) is -0.650. The van der Waals surface area contributed by atoms with Crippen molar-refractivity contribution in [2.24, 2.45) is 5.41 Å². The van der Waals surface area contributed by atoms with E-state index in [-0.39, 0.29) is 5.56 Å². The Labute approximate surface area is 110 Å². The van der Waals surface area contributed by atoms with Crippen LogP contribution in [0.1, 0.15) is 36.7 Å². The van der Waals surface area contributed by atoms with Gasteiger partial charge in [0.25, 0.3) is 0 Å². The van der Waals surface area contributed by atoms with Crippen LogP contribution in [0.4, 0.5) is 13.2 Å². The van der Waals surface area contributed by atoms with Crippen LogP contribution >= 0.6 is 0 Å². The lowest BCUT2D eigenvalue weighted by Crippen LogP contribution is -2.37. The molecule has 1 rings (SSSR count). The van der Waals surface area contributed by atoms with Crippen molar-refractivity contribution in [2.45, 2.75) is 33.1 Å². The van der Waals surface area contributed by atoms with Crippen LogP contribution in [0.3, 0.4) is 0 Å². The maximum absolute atomic E-state index is 12.9. The standard InChI is InChI=1S/C14H17F3O2/c1-13(2,3)12(19-4)11(18)9-7-5-6-8-10(9)14(15,16)17/h5-8,12H,1-4H3. The molecule has 0 saturated heterocycles. The highest BCUT2D eigenvalue weighted by molar-refractivity contribution is 6.01. The Morgan fingerprint density at radius 1 is 1.16 bits per heavy atom. The Kier molecular flexibility index (Phi) is 4.40. The maximum atomic E-state index is 12.9. The molecule has 0 spiro atoms. The van der Waals surface area contributed by atoms with E-state index in [4.69, 9.17) is 4.74 Å². The number of hydrogen-bond acceptors (Lipinski definition) is 2. The zero-order chi connectivity index (χ0) is 14.8. The summed E-state index contributed by atoms with van der Waals surface area (Å²) in [6.45, 7) is 5.24. The van der Waals surface area contributed by atoms with Crippen molar-refractivity contribution in [2.75, 3.05) is 7.11 Å². The molecule has 0 aliphatic carbocycles. The van der Waals surface area contributed by atoms with Gasteiger partial charge in [-0.2, -0.15) is 13.2 Å². The number of ketones is 1. The molecule has 0 fully saturated rings. The van der Waals surface area contributed by atoms with Gasteiger partial charge in [-0.15, -0.1) is 0 Å². The van der Waals surface area contributed by atoms with Crippen LogP contribution in [0.2, 0.25) is 0 Å². The second-order valence-corrected chi connectivity index (χ2v) is 5.39. The molecule has 5 heteroatoms. The summed E-state index contributed by atoms with van der Waals surface area (Å²) >= 11 is 0. The van der Waals surface area contributed by atoms with Gasteiger partial charge in [0, 0.05) is 12.7 Å². The molecule has 0 aromatic heterocycles. The number of rotatable bonds is 3. The average Bonchev–Trinajstić information content (AvgIpc) is 2.26. The van der Waals surface area contributed by atoms with Gasteiger partial charge in [0.15, 0.2) is 5.78 Å². The molecule has 0 N–H and O–H groups in total. The Morgan fingerprint density at radius 3 is 2.11 bits per heavy atom. The fourth-order valence-electron chi connectivity index (χ4n) is 1.94. The summed E-state index contributed by atoms with van der Waals surface area (Å²) < 4.78 is 43.7. The predicted octanol–water partition coefficient (Wildman–Crippen LogP) is 3.95. The van der Waals surface area contributed by atoms with Gasteiger partial charge >= 0.3 is 6.18 Å². The summed E-state index contributed by atoms with van der Waals surface area (Å²) in [5, 5.41) is 0.